The second-order valence-corrected chi connectivity index (χ2v) is 6.47. The van der Waals surface area contributed by atoms with Gasteiger partial charge in [0.05, 0.1) is 17.7 Å². The van der Waals surface area contributed by atoms with Gasteiger partial charge in [0.1, 0.15) is 5.75 Å². The van der Waals surface area contributed by atoms with E-state index in [1.807, 2.05) is 0 Å². The molecule has 1 aliphatic heterocycles. The Hall–Kier alpha value is -2.22. The highest BCUT2D eigenvalue weighted by atomic mass is 19.4. The number of aromatic nitrogens is 1. The highest BCUT2D eigenvalue weighted by Gasteiger charge is 2.36. The summed E-state index contributed by atoms with van der Waals surface area (Å²) in [5.74, 6) is -1.49. The molecule has 3 rings (SSSR count). The summed E-state index contributed by atoms with van der Waals surface area (Å²) in [5.41, 5.74) is -0.0551. The fourth-order valence-electron chi connectivity index (χ4n) is 3.52. The Morgan fingerprint density at radius 3 is 2.50 bits per heavy atom. The van der Waals surface area contributed by atoms with Crippen LogP contribution in [0.5, 0.6) is 5.75 Å². The zero-order valence-corrected chi connectivity index (χ0v) is 14.7. The maximum atomic E-state index is 13.2. The topological polar surface area (TPSA) is 54.7 Å². The number of likely N-dealkylation sites (tertiary alicyclic amines) is 1. The van der Waals surface area contributed by atoms with Crippen LogP contribution in [0.15, 0.2) is 12.1 Å². The summed E-state index contributed by atoms with van der Waals surface area (Å²) in [5, 5.41) is 10.1. The molecule has 2 aromatic rings. The summed E-state index contributed by atoms with van der Waals surface area (Å²) in [4.78, 5) is 14.7. The number of carbonyl (C=O) groups excluding carboxylic acids is 1. The number of fused-ring (bicyclic) bond motifs is 1. The van der Waals surface area contributed by atoms with Crippen molar-refractivity contribution < 1.29 is 27.8 Å². The van der Waals surface area contributed by atoms with Gasteiger partial charge in [-0.1, -0.05) is 0 Å². The smallest absolute Gasteiger partial charge is 0.420 e. The number of aromatic hydroxyl groups is 1. The van der Waals surface area contributed by atoms with Crippen LogP contribution < -0.4 is 0 Å². The predicted molar refractivity (Wildman–Crippen MR) is 90.1 cm³/mol. The fraction of sp³-hybridized carbons (Fsp3) is 0.500. The molecule has 0 atom stereocenters. The highest BCUT2D eigenvalue weighted by molar-refractivity contribution is 6.06. The summed E-state index contributed by atoms with van der Waals surface area (Å²) in [6.07, 6.45) is -2.57. The van der Waals surface area contributed by atoms with E-state index in [1.165, 1.54) is 0 Å². The Kier molecular flexibility index (Phi) is 4.88. The summed E-state index contributed by atoms with van der Waals surface area (Å²) in [7, 11) is 1.63. The lowest BCUT2D eigenvalue weighted by atomic mass is 10.1. The molecular weight excluding hydrogens is 349 g/mol. The number of esters is 1. The van der Waals surface area contributed by atoms with Crippen molar-refractivity contribution in [3.8, 4) is 5.75 Å². The summed E-state index contributed by atoms with van der Waals surface area (Å²) in [6.45, 7) is 4.03. The second kappa shape index (κ2) is 6.83. The molecule has 1 fully saturated rings. The average molecular weight is 370 g/mol. The minimum atomic E-state index is -4.68. The summed E-state index contributed by atoms with van der Waals surface area (Å²) in [6, 6.07) is 1.90. The monoisotopic (exact) mass is 370 g/mol. The molecule has 0 aliphatic carbocycles. The molecule has 0 saturated carbocycles. The molecule has 26 heavy (non-hydrogen) atoms. The van der Waals surface area contributed by atoms with Gasteiger partial charge in [0.2, 0.25) is 0 Å². The van der Waals surface area contributed by atoms with E-state index in [1.54, 1.807) is 18.5 Å². The number of rotatable bonds is 4. The van der Waals surface area contributed by atoms with Crippen molar-refractivity contribution in [3.63, 3.8) is 0 Å². The zero-order valence-electron chi connectivity index (χ0n) is 14.7. The second-order valence-electron chi connectivity index (χ2n) is 6.47. The molecule has 0 bridgehead atoms. The van der Waals surface area contributed by atoms with Gasteiger partial charge in [-0.25, -0.2) is 4.79 Å². The highest BCUT2D eigenvalue weighted by Crippen LogP contribution is 2.40. The predicted octanol–water partition coefficient (Wildman–Crippen LogP) is 3.68. The number of phenolic OH excluding ortho intramolecular Hbond substituents is 1. The summed E-state index contributed by atoms with van der Waals surface area (Å²) < 4.78 is 46.2. The van der Waals surface area contributed by atoms with Gasteiger partial charge in [-0.05, 0) is 45.0 Å². The molecule has 0 unspecified atom stereocenters. The van der Waals surface area contributed by atoms with E-state index in [9.17, 15) is 23.1 Å². The van der Waals surface area contributed by atoms with Crippen LogP contribution >= 0.6 is 0 Å². The van der Waals surface area contributed by atoms with Gasteiger partial charge in [0.25, 0.3) is 0 Å². The normalized spacial score (nSPS) is 15.7. The third-order valence-corrected chi connectivity index (χ3v) is 4.80. The molecule has 8 heteroatoms. The Morgan fingerprint density at radius 2 is 1.92 bits per heavy atom. The van der Waals surface area contributed by atoms with Crippen molar-refractivity contribution in [1.29, 1.82) is 0 Å². The molecule has 5 nitrogen and oxygen atoms in total. The van der Waals surface area contributed by atoms with Crippen LogP contribution in [-0.4, -0.2) is 40.2 Å². The average Bonchev–Trinajstić information content (AvgIpc) is 3.14. The number of hydrogen-bond acceptors (Lipinski definition) is 4. The standard InChI is InChI=1S/C18H21F3N2O3/c1-3-26-17(25)16-11-8-15(24)12(18(19,20)21)9-13(11)22(2)14(16)10-23-6-4-5-7-23/h8-9,24H,3-7,10H2,1-2H3. The molecule has 1 aromatic heterocycles. The molecule has 0 amide bonds. The number of halogens is 3. The van der Waals surface area contributed by atoms with Crippen molar-refractivity contribution >= 4 is 16.9 Å². The lowest BCUT2D eigenvalue weighted by Gasteiger charge is -2.16. The van der Waals surface area contributed by atoms with Crippen molar-refractivity contribution in [2.24, 2.45) is 7.05 Å². The van der Waals surface area contributed by atoms with Crippen LogP contribution in [0.2, 0.25) is 0 Å². The third-order valence-electron chi connectivity index (χ3n) is 4.80. The maximum absolute atomic E-state index is 13.2. The van der Waals surface area contributed by atoms with Crippen molar-refractivity contribution in [2.75, 3.05) is 19.7 Å². The first-order valence-electron chi connectivity index (χ1n) is 8.55. The van der Waals surface area contributed by atoms with Gasteiger partial charge < -0.3 is 14.4 Å². The van der Waals surface area contributed by atoms with E-state index in [4.69, 9.17) is 4.74 Å². The lowest BCUT2D eigenvalue weighted by Crippen LogP contribution is -2.22. The maximum Gasteiger partial charge on any atom is 0.420 e. The van der Waals surface area contributed by atoms with Gasteiger partial charge in [0, 0.05) is 30.2 Å². The Morgan fingerprint density at radius 1 is 1.27 bits per heavy atom. The number of aryl methyl sites for hydroxylation is 1. The quantitative estimate of drug-likeness (QED) is 0.835. The van der Waals surface area contributed by atoms with Gasteiger partial charge in [0.15, 0.2) is 0 Å². The first-order valence-corrected chi connectivity index (χ1v) is 8.55. The number of ether oxygens (including phenoxy) is 1. The largest absolute Gasteiger partial charge is 0.507 e. The van der Waals surface area contributed by atoms with E-state index in [2.05, 4.69) is 4.90 Å². The molecule has 1 saturated heterocycles. The Bertz CT molecular complexity index is 837. The Labute approximate surface area is 149 Å². The van der Waals surface area contributed by atoms with Crippen LogP contribution in [0, 0.1) is 0 Å². The van der Waals surface area contributed by atoms with E-state index in [-0.39, 0.29) is 23.1 Å². The molecular formula is C18H21F3N2O3. The molecule has 1 aliphatic rings. The van der Waals surface area contributed by atoms with Gasteiger partial charge in [-0.15, -0.1) is 0 Å². The van der Waals surface area contributed by atoms with E-state index >= 15 is 0 Å². The van der Waals surface area contributed by atoms with Crippen LogP contribution in [0.25, 0.3) is 10.9 Å². The first kappa shape index (κ1) is 18.6. The molecule has 1 N–H and O–H groups in total. The van der Waals surface area contributed by atoms with Gasteiger partial charge >= 0.3 is 12.1 Å². The van der Waals surface area contributed by atoms with Gasteiger partial charge in [-0.2, -0.15) is 13.2 Å². The van der Waals surface area contributed by atoms with Crippen LogP contribution in [0.1, 0.15) is 41.4 Å². The minimum absolute atomic E-state index is 0.158. The number of hydrogen-bond donors (Lipinski definition) is 1. The van der Waals surface area contributed by atoms with Crippen molar-refractivity contribution in [3.05, 3.63) is 29.0 Å². The molecule has 142 valence electrons. The van der Waals surface area contributed by atoms with Gasteiger partial charge in [-0.3, -0.25) is 4.90 Å². The minimum Gasteiger partial charge on any atom is -0.507 e. The van der Waals surface area contributed by atoms with Crippen LogP contribution in [-0.2, 0) is 24.5 Å². The lowest BCUT2D eigenvalue weighted by molar-refractivity contribution is -0.138. The molecule has 1 aromatic carbocycles. The SMILES string of the molecule is CCOC(=O)c1c(CN2CCCC2)n(C)c2cc(C(F)(F)F)c(O)cc12. The van der Waals surface area contributed by atoms with E-state index in [0.717, 1.165) is 38.1 Å². The molecule has 0 spiro atoms. The number of carbonyl (C=O) groups is 1. The summed E-state index contributed by atoms with van der Waals surface area (Å²) >= 11 is 0. The van der Waals surface area contributed by atoms with E-state index in [0.29, 0.717) is 12.2 Å². The number of phenols is 1. The van der Waals surface area contributed by atoms with Crippen LogP contribution in [0.4, 0.5) is 13.2 Å². The zero-order chi connectivity index (χ0) is 19.1. The van der Waals surface area contributed by atoms with E-state index < -0.39 is 23.5 Å². The fourth-order valence-corrected chi connectivity index (χ4v) is 3.52. The third kappa shape index (κ3) is 3.25. The van der Waals surface area contributed by atoms with Crippen molar-refractivity contribution in [2.45, 2.75) is 32.5 Å². The number of benzene rings is 1. The van der Waals surface area contributed by atoms with Crippen LogP contribution in [0.3, 0.4) is 0 Å². The molecule has 0 radical (unpaired) electrons. The number of alkyl halides is 3. The first-order chi connectivity index (χ1) is 12.2. The number of nitrogens with zero attached hydrogens (tertiary/aromatic N) is 2. The molecule has 2 heterocycles. The Balaban J connectivity index is 2.21. The van der Waals surface area contributed by atoms with Crippen molar-refractivity contribution in [1.82, 2.24) is 9.47 Å².